The first-order chi connectivity index (χ1) is 17.6. The number of hydrogen-bond donors (Lipinski definition) is 2. The molecule has 1 aliphatic heterocycles. The highest BCUT2D eigenvalue weighted by Gasteiger charge is 2.34. The molecule has 2 aromatic rings. The van der Waals surface area contributed by atoms with Crippen LogP contribution in [0, 0.1) is 12.7 Å². The molecule has 3 rings (SSSR count). The Morgan fingerprint density at radius 1 is 1.11 bits per heavy atom. The molecule has 1 aliphatic rings. The second-order valence-electron chi connectivity index (χ2n) is 8.57. The van der Waals surface area contributed by atoms with E-state index in [0.717, 1.165) is 5.57 Å². The second kappa shape index (κ2) is 12.2. The molecule has 1 heterocycles. The first-order valence-electron chi connectivity index (χ1n) is 11.6. The van der Waals surface area contributed by atoms with Gasteiger partial charge in [0.25, 0.3) is 0 Å². The van der Waals surface area contributed by atoms with E-state index in [4.69, 9.17) is 19.3 Å². The van der Waals surface area contributed by atoms with Crippen molar-refractivity contribution in [2.24, 2.45) is 0 Å². The fraction of sp³-hybridized carbons (Fsp3) is 0.333. The first kappa shape index (κ1) is 27.4. The van der Waals surface area contributed by atoms with Gasteiger partial charge < -0.3 is 24.6 Å². The summed E-state index contributed by atoms with van der Waals surface area (Å²) < 4.78 is 29.5. The molecule has 0 atom stereocenters. The average Bonchev–Trinajstić information content (AvgIpc) is 3.25. The molecule has 9 nitrogen and oxygen atoms in total. The molecule has 196 valence electrons. The fourth-order valence-corrected chi connectivity index (χ4v) is 3.94. The molecule has 37 heavy (non-hydrogen) atoms. The number of hydrogen-bond acceptors (Lipinski definition) is 7. The monoisotopic (exact) mass is 513 g/mol. The van der Waals surface area contributed by atoms with Gasteiger partial charge in [-0.15, -0.1) is 0 Å². The van der Waals surface area contributed by atoms with Crippen molar-refractivity contribution in [1.82, 2.24) is 0 Å². The SMILES string of the molecule is COc1c(C)c2c(c(OC(=O)CCC(=O)Nc3ccc(F)cc3)c1C/C=C(\C)CCC(=O)O)C(=O)OC2. The van der Waals surface area contributed by atoms with E-state index in [9.17, 15) is 23.6 Å². The number of amides is 1. The van der Waals surface area contributed by atoms with Gasteiger partial charge in [-0.25, -0.2) is 9.18 Å². The number of fused-ring (bicyclic) bond motifs is 1. The Kier molecular flexibility index (Phi) is 9.00. The number of ether oxygens (including phenoxy) is 3. The molecule has 0 bridgehead atoms. The fourth-order valence-electron chi connectivity index (χ4n) is 3.94. The Balaban J connectivity index is 1.82. The van der Waals surface area contributed by atoms with Gasteiger partial charge in [-0.2, -0.15) is 0 Å². The Labute approximate surface area is 213 Å². The summed E-state index contributed by atoms with van der Waals surface area (Å²) in [4.78, 5) is 48.4. The number of allylic oxidation sites excluding steroid dienone is 2. The standard InChI is InChI=1S/C27H28FNO8/c1-15(5-12-22(31)32)4-10-19-25(35-3)16(2)20-14-36-27(34)24(20)26(19)37-23(33)13-11-21(30)29-18-8-6-17(28)7-9-18/h4,6-9H,5,10-14H2,1-3H3,(H,29,30)(H,31,32)/b15-4+. The third kappa shape index (κ3) is 6.93. The number of carboxylic acid groups (broad SMARTS) is 1. The van der Waals surface area contributed by atoms with Gasteiger partial charge in [-0.3, -0.25) is 14.4 Å². The highest BCUT2D eigenvalue weighted by Crippen LogP contribution is 2.43. The molecule has 0 fully saturated rings. The maximum Gasteiger partial charge on any atom is 0.342 e. The molecule has 0 saturated heterocycles. The van der Waals surface area contributed by atoms with Gasteiger partial charge in [-0.05, 0) is 56.5 Å². The lowest BCUT2D eigenvalue weighted by molar-refractivity contribution is -0.137. The summed E-state index contributed by atoms with van der Waals surface area (Å²) in [6, 6.07) is 5.20. The van der Waals surface area contributed by atoms with Gasteiger partial charge in [0.2, 0.25) is 5.91 Å². The van der Waals surface area contributed by atoms with E-state index in [0.29, 0.717) is 34.5 Å². The van der Waals surface area contributed by atoms with E-state index in [1.165, 1.54) is 31.4 Å². The van der Waals surface area contributed by atoms with E-state index >= 15 is 0 Å². The number of nitrogens with one attached hydrogen (secondary N) is 1. The average molecular weight is 514 g/mol. The van der Waals surface area contributed by atoms with E-state index in [1.54, 1.807) is 19.9 Å². The molecule has 0 aliphatic carbocycles. The second-order valence-corrected chi connectivity index (χ2v) is 8.57. The summed E-state index contributed by atoms with van der Waals surface area (Å²) in [5.41, 5.74) is 2.99. The summed E-state index contributed by atoms with van der Waals surface area (Å²) in [7, 11) is 1.46. The van der Waals surface area contributed by atoms with E-state index in [-0.39, 0.29) is 43.6 Å². The molecule has 2 aromatic carbocycles. The number of carbonyl (C=O) groups is 4. The van der Waals surface area contributed by atoms with Crippen LogP contribution in [0.5, 0.6) is 11.5 Å². The quantitative estimate of drug-likeness (QED) is 0.256. The Morgan fingerprint density at radius 3 is 2.46 bits per heavy atom. The van der Waals surface area contributed by atoms with Crippen molar-refractivity contribution < 1.29 is 42.9 Å². The van der Waals surface area contributed by atoms with Crippen molar-refractivity contribution in [1.29, 1.82) is 0 Å². The zero-order chi connectivity index (χ0) is 27.1. The molecule has 0 aromatic heterocycles. The zero-order valence-electron chi connectivity index (χ0n) is 20.8. The lowest BCUT2D eigenvalue weighted by atomic mass is 9.94. The molecule has 1 amide bonds. The van der Waals surface area contributed by atoms with Crippen LogP contribution >= 0.6 is 0 Å². The molecule has 0 saturated carbocycles. The third-order valence-electron chi connectivity index (χ3n) is 5.91. The highest BCUT2D eigenvalue weighted by molar-refractivity contribution is 5.99. The maximum absolute atomic E-state index is 13.0. The Bertz CT molecular complexity index is 1250. The van der Waals surface area contributed by atoms with Crippen molar-refractivity contribution in [3.63, 3.8) is 0 Å². The van der Waals surface area contributed by atoms with Crippen molar-refractivity contribution in [3.05, 3.63) is 64.0 Å². The minimum absolute atomic E-state index is 0.00572. The van der Waals surface area contributed by atoms with Crippen LogP contribution in [0.1, 0.15) is 59.7 Å². The predicted octanol–water partition coefficient (Wildman–Crippen LogP) is 4.49. The number of halogens is 1. The lowest BCUT2D eigenvalue weighted by Crippen LogP contribution is -2.18. The number of cyclic esters (lactones) is 1. The van der Waals surface area contributed by atoms with Gasteiger partial charge in [0, 0.05) is 29.7 Å². The molecule has 0 spiro atoms. The minimum atomic E-state index is -0.917. The normalized spacial score (nSPS) is 12.5. The van der Waals surface area contributed by atoms with Crippen molar-refractivity contribution in [2.75, 3.05) is 12.4 Å². The van der Waals surface area contributed by atoms with Gasteiger partial charge in [-0.1, -0.05) is 11.6 Å². The van der Waals surface area contributed by atoms with Crippen LogP contribution in [0.25, 0.3) is 0 Å². The summed E-state index contributed by atoms with van der Waals surface area (Å²) in [5, 5.41) is 11.5. The van der Waals surface area contributed by atoms with Crippen LogP contribution in [0.15, 0.2) is 35.9 Å². The minimum Gasteiger partial charge on any atom is -0.496 e. The zero-order valence-corrected chi connectivity index (χ0v) is 20.8. The van der Waals surface area contributed by atoms with Crippen molar-refractivity contribution in [2.45, 2.75) is 52.6 Å². The molecular weight excluding hydrogens is 485 g/mol. The number of aliphatic carboxylic acids is 1. The van der Waals surface area contributed by atoms with Gasteiger partial charge >= 0.3 is 17.9 Å². The Morgan fingerprint density at radius 2 is 1.81 bits per heavy atom. The largest absolute Gasteiger partial charge is 0.496 e. The molecule has 10 heteroatoms. The first-order valence-corrected chi connectivity index (χ1v) is 11.6. The molecular formula is C27H28FNO8. The lowest BCUT2D eigenvalue weighted by Gasteiger charge is -2.19. The topological polar surface area (TPSA) is 128 Å². The number of anilines is 1. The molecule has 0 unspecified atom stereocenters. The number of benzene rings is 2. The predicted molar refractivity (Wildman–Crippen MR) is 131 cm³/mol. The van der Waals surface area contributed by atoms with Crippen LogP contribution in [0.3, 0.4) is 0 Å². The third-order valence-corrected chi connectivity index (χ3v) is 5.91. The highest BCUT2D eigenvalue weighted by atomic mass is 19.1. The maximum atomic E-state index is 13.0. The van der Waals surface area contributed by atoms with Crippen LogP contribution < -0.4 is 14.8 Å². The van der Waals surface area contributed by atoms with Gasteiger partial charge in [0.15, 0.2) is 5.75 Å². The molecule has 2 N–H and O–H groups in total. The number of esters is 2. The summed E-state index contributed by atoms with van der Waals surface area (Å²) >= 11 is 0. The van der Waals surface area contributed by atoms with Crippen molar-refractivity contribution >= 4 is 29.5 Å². The van der Waals surface area contributed by atoms with Crippen LogP contribution in [0.2, 0.25) is 0 Å². The van der Waals surface area contributed by atoms with E-state index in [2.05, 4.69) is 5.32 Å². The number of rotatable bonds is 11. The molecule has 0 radical (unpaired) electrons. The van der Waals surface area contributed by atoms with Crippen LogP contribution in [-0.4, -0.2) is 36.0 Å². The van der Waals surface area contributed by atoms with Crippen molar-refractivity contribution in [3.8, 4) is 11.5 Å². The summed E-state index contributed by atoms with van der Waals surface area (Å²) in [5.74, 6) is -2.77. The van der Waals surface area contributed by atoms with Crippen LogP contribution in [0.4, 0.5) is 10.1 Å². The number of carboxylic acids is 1. The van der Waals surface area contributed by atoms with Gasteiger partial charge in [0.05, 0.1) is 13.5 Å². The number of methoxy groups -OCH3 is 1. The van der Waals surface area contributed by atoms with E-state index < -0.39 is 29.6 Å². The van der Waals surface area contributed by atoms with Gasteiger partial charge in [0.1, 0.15) is 23.7 Å². The number of carbonyl (C=O) groups excluding carboxylic acids is 3. The van der Waals surface area contributed by atoms with E-state index in [1.807, 2.05) is 0 Å². The summed E-state index contributed by atoms with van der Waals surface area (Å²) in [6.07, 6.45) is 1.83. The van der Waals surface area contributed by atoms with Crippen LogP contribution in [-0.2, 0) is 32.1 Å². The smallest absolute Gasteiger partial charge is 0.342 e. The Hall–Kier alpha value is -4.21. The summed E-state index contributed by atoms with van der Waals surface area (Å²) in [6.45, 7) is 3.57.